The highest BCUT2D eigenvalue weighted by molar-refractivity contribution is 5.10. The molecule has 1 atom stereocenters. The minimum atomic E-state index is 0.494. The SMILES string of the molecule is CCC1(C)C=CC(CC)(CC)CC1. The first-order chi connectivity index (χ1) is 6.10. The zero-order valence-electron chi connectivity index (χ0n) is 9.69. The molecule has 1 aliphatic carbocycles. The Morgan fingerprint density at radius 1 is 0.923 bits per heavy atom. The maximum Gasteiger partial charge on any atom is -0.0123 e. The van der Waals surface area contributed by atoms with Gasteiger partial charge in [0.25, 0.3) is 0 Å². The van der Waals surface area contributed by atoms with Gasteiger partial charge in [0.1, 0.15) is 0 Å². The summed E-state index contributed by atoms with van der Waals surface area (Å²) in [7, 11) is 0. The molecule has 1 unspecified atom stereocenters. The molecule has 0 amide bonds. The van der Waals surface area contributed by atoms with Crippen molar-refractivity contribution in [2.75, 3.05) is 0 Å². The molecule has 0 nitrogen and oxygen atoms in total. The van der Waals surface area contributed by atoms with Crippen molar-refractivity contribution >= 4 is 0 Å². The van der Waals surface area contributed by atoms with Gasteiger partial charge in [-0.3, -0.25) is 0 Å². The van der Waals surface area contributed by atoms with E-state index in [9.17, 15) is 0 Å². The average molecular weight is 180 g/mol. The second-order valence-corrected chi connectivity index (χ2v) is 4.91. The van der Waals surface area contributed by atoms with Crippen molar-refractivity contribution in [2.45, 2.75) is 59.8 Å². The molecule has 0 aromatic heterocycles. The maximum atomic E-state index is 2.50. The Morgan fingerprint density at radius 2 is 1.54 bits per heavy atom. The van der Waals surface area contributed by atoms with Crippen LogP contribution in [0.15, 0.2) is 12.2 Å². The molecule has 0 N–H and O–H groups in total. The van der Waals surface area contributed by atoms with Crippen LogP contribution in [0.5, 0.6) is 0 Å². The molecule has 0 heteroatoms. The van der Waals surface area contributed by atoms with E-state index in [4.69, 9.17) is 0 Å². The summed E-state index contributed by atoms with van der Waals surface area (Å²) in [5.74, 6) is 0. The molecule has 0 aromatic carbocycles. The fourth-order valence-electron chi connectivity index (χ4n) is 2.21. The lowest BCUT2D eigenvalue weighted by Crippen LogP contribution is -2.26. The smallest absolute Gasteiger partial charge is 0.0123 e. The monoisotopic (exact) mass is 180 g/mol. The molecule has 0 radical (unpaired) electrons. The minimum Gasteiger partial charge on any atom is -0.0820 e. The molecule has 0 spiro atoms. The summed E-state index contributed by atoms with van der Waals surface area (Å²) in [4.78, 5) is 0. The minimum absolute atomic E-state index is 0.494. The lowest BCUT2D eigenvalue weighted by molar-refractivity contribution is 0.226. The van der Waals surface area contributed by atoms with E-state index in [2.05, 4.69) is 39.8 Å². The summed E-state index contributed by atoms with van der Waals surface area (Å²) in [5.41, 5.74) is 1.03. The Kier molecular flexibility index (Phi) is 3.21. The van der Waals surface area contributed by atoms with Gasteiger partial charge in [0.05, 0.1) is 0 Å². The summed E-state index contributed by atoms with van der Waals surface area (Å²) >= 11 is 0. The summed E-state index contributed by atoms with van der Waals surface area (Å²) in [6.07, 6.45) is 11.6. The number of allylic oxidation sites excluding steroid dienone is 2. The van der Waals surface area contributed by atoms with Gasteiger partial charge in [0, 0.05) is 0 Å². The third kappa shape index (κ3) is 2.15. The Balaban J connectivity index is 2.75. The lowest BCUT2D eigenvalue weighted by atomic mass is 9.66. The number of hydrogen-bond acceptors (Lipinski definition) is 0. The molecular formula is C13H24. The largest absolute Gasteiger partial charge is 0.0820 e. The quantitative estimate of drug-likeness (QED) is 0.558. The standard InChI is InChI=1S/C13H24/c1-5-12(4)8-10-13(6-2,7-3)11-9-12/h8,10H,5-7,9,11H2,1-4H3. The van der Waals surface area contributed by atoms with Crippen molar-refractivity contribution < 1.29 is 0 Å². The molecule has 0 saturated heterocycles. The van der Waals surface area contributed by atoms with E-state index in [0.29, 0.717) is 10.8 Å². The van der Waals surface area contributed by atoms with Gasteiger partial charge < -0.3 is 0 Å². The Morgan fingerprint density at radius 3 is 1.85 bits per heavy atom. The molecular weight excluding hydrogens is 156 g/mol. The third-order valence-electron chi connectivity index (χ3n) is 4.25. The molecule has 0 fully saturated rings. The topological polar surface area (TPSA) is 0 Å². The first-order valence-corrected chi connectivity index (χ1v) is 5.80. The molecule has 1 rings (SSSR count). The van der Waals surface area contributed by atoms with Gasteiger partial charge in [0.15, 0.2) is 0 Å². The van der Waals surface area contributed by atoms with Crippen molar-refractivity contribution in [1.82, 2.24) is 0 Å². The predicted molar refractivity (Wildman–Crippen MR) is 59.8 cm³/mol. The number of hydrogen-bond donors (Lipinski definition) is 0. The molecule has 0 aliphatic heterocycles. The van der Waals surface area contributed by atoms with Gasteiger partial charge in [0.2, 0.25) is 0 Å². The van der Waals surface area contributed by atoms with Gasteiger partial charge in [-0.05, 0) is 42.9 Å². The summed E-state index contributed by atoms with van der Waals surface area (Å²) in [6, 6.07) is 0. The summed E-state index contributed by atoms with van der Waals surface area (Å²) in [6.45, 7) is 9.33. The predicted octanol–water partition coefficient (Wildman–Crippen LogP) is 4.56. The van der Waals surface area contributed by atoms with Crippen LogP contribution in [-0.4, -0.2) is 0 Å². The van der Waals surface area contributed by atoms with Crippen LogP contribution in [0.3, 0.4) is 0 Å². The lowest BCUT2D eigenvalue weighted by Gasteiger charge is -2.39. The van der Waals surface area contributed by atoms with E-state index < -0.39 is 0 Å². The van der Waals surface area contributed by atoms with E-state index in [1.54, 1.807) is 0 Å². The zero-order valence-corrected chi connectivity index (χ0v) is 9.69. The van der Waals surface area contributed by atoms with Crippen LogP contribution in [0.4, 0.5) is 0 Å². The van der Waals surface area contributed by atoms with Crippen LogP contribution in [-0.2, 0) is 0 Å². The second-order valence-electron chi connectivity index (χ2n) is 4.91. The Hall–Kier alpha value is -0.260. The molecule has 76 valence electrons. The third-order valence-corrected chi connectivity index (χ3v) is 4.25. The van der Waals surface area contributed by atoms with E-state index in [-0.39, 0.29) is 0 Å². The summed E-state index contributed by atoms with van der Waals surface area (Å²) < 4.78 is 0. The fraction of sp³-hybridized carbons (Fsp3) is 0.846. The molecule has 0 saturated carbocycles. The first-order valence-electron chi connectivity index (χ1n) is 5.80. The van der Waals surface area contributed by atoms with Crippen molar-refractivity contribution in [1.29, 1.82) is 0 Å². The van der Waals surface area contributed by atoms with Gasteiger partial charge in [-0.2, -0.15) is 0 Å². The normalized spacial score (nSPS) is 32.0. The fourth-order valence-corrected chi connectivity index (χ4v) is 2.21. The van der Waals surface area contributed by atoms with E-state index in [1.165, 1.54) is 32.1 Å². The zero-order chi connectivity index (χ0) is 9.95. The highest BCUT2D eigenvalue weighted by atomic mass is 14.4. The van der Waals surface area contributed by atoms with E-state index in [0.717, 1.165) is 0 Å². The highest BCUT2D eigenvalue weighted by Crippen LogP contribution is 2.44. The molecule has 0 bridgehead atoms. The molecule has 0 aromatic rings. The van der Waals surface area contributed by atoms with Crippen LogP contribution >= 0.6 is 0 Å². The first kappa shape index (κ1) is 10.8. The van der Waals surface area contributed by atoms with Crippen molar-refractivity contribution in [2.24, 2.45) is 10.8 Å². The van der Waals surface area contributed by atoms with Gasteiger partial charge >= 0.3 is 0 Å². The molecule has 1 aliphatic rings. The second kappa shape index (κ2) is 3.86. The van der Waals surface area contributed by atoms with Crippen molar-refractivity contribution in [3.05, 3.63) is 12.2 Å². The maximum absolute atomic E-state index is 2.50. The highest BCUT2D eigenvalue weighted by Gasteiger charge is 2.32. The van der Waals surface area contributed by atoms with E-state index >= 15 is 0 Å². The van der Waals surface area contributed by atoms with E-state index in [1.807, 2.05) is 0 Å². The van der Waals surface area contributed by atoms with Gasteiger partial charge in [-0.25, -0.2) is 0 Å². The van der Waals surface area contributed by atoms with Crippen molar-refractivity contribution in [3.8, 4) is 0 Å². The van der Waals surface area contributed by atoms with Gasteiger partial charge in [-0.1, -0.05) is 39.8 Å². The van der Waals surface area contributed by atoms with Crippen LogP contribution in [0.2, 0.25) is 0 Å². The van der Waals surface area contributed by atoms with Crippen LogP contribution in [0.1, 0.15) is 59.8 Å². The molecule has 0 heterocycles. The Labute approximate surface area is 83.4 Å². The van der Waals surface area contributed by atoms with Crippen LogP contribution in [0.25, 0.3) is 0 Å². The number of rotatable bonds is 3. The molecule has 13 heavy (non-hydrogen) atoms. The average Bonchev–Trinajstić information content (AvgIpc) is 2.20. The Bertz CT molecular complexity index is 186. The summed E-state index contributed by atoms with van der Waals surface area (Å²) in [5, 5.41) is 0. The van der Waals surface area contributed by atoms with Crippen LogP contribution < -0.4 is 0 Å². The van der Waals surface area contributed by atoms with Gasteiger partial charge in [-0.15, -0.1) is 0 Å². The van der Waals surface area contributed by atoms with Crippen molar-refractivity contribution in [3.63, 3.8) is 0 Å². The van der Waals surface area contributed by atoms with Crippen LogP contribution in [0, 0.1) is 10.8 Å².